The summed E-state index contributed by atoms with van der Waals surface area (Å²) in [5.74, 6) is -1.52. The lowest BCUT2D eigenvalue weighted by Gasteiger charge is -2.12. The van der Waals surface area contributed by atoms with E-state index in [0.29, 0.717) is 26.7 Å². The third-order valence-corrected chi connectivity index (χ3v) is 4.19. The van der Waals surface area contributed by atoms with Crippen LogP contribution in [0.1, 0.15) is 18.4 Å². The third kappa shape index (κ3) is 5.81. The van der Waals surface area contributed by atoms with E-state index >= 15 is 0 Å². The number of hydrogen-bond donors (Lipinski definition) is 3. The van der Waals surface area contributed by atoms with E-state index in [1.807, 2.05) is 0 Å². The molecule has 7 heteroatoms. The zero-order valence-electron chi connectivity index (χ0n) is 13.6. The lowest BCUT2D eigenvalue weighted by Crippen LogP contribution is -2.19. The van der Waals surface area contributed by atoms with Gasteiger partial charge in [-0.3, -0.25) is 4.79 Å². The molecule has 0 aliphatic heterocycles. The largest absolute Gasteiger partial charge is 0.481 e. The van der Waals surface area contributed by atoms with Gasteiger partial charge in [-0.25, -0.2) is 4.39 Å². The van der Waals surface area contributed by atoms with Gasteiger partial charge in [0.1, 0.15) is 5.82 Å². The van der Waals surface area contributed by atoms with Crippen LogP contribution in [0.3, 0.4) is 0 Å². The van der Waals surface area contributed by atoms with E-state index in [2.05, 4.69) is 0 Å². The first kappa shape index (κ1) is 20.4. The van der Waals surface area contributed by atoms with Crippen LogP contribution in [0.2, 0.25) is 10.0 Å². The molecular weight excluding hydrogens is 382 g/mol. The molecule has 0 fully saturated rings. The smallest absolute Gasteiger partial charge is 0.305 e. The normalized spacial score (nSPS) is 13.7. The predicted octanol–water partition coefficient (Wildman–Crippen LogP) is 4.40. The van der Waals surface area contributed by atoms with Crippen molar-refractivity contribution in [1.82, 2.24) is 0 Å². The first-order valence-corrected chi connectivity index (χ1v) is 8.53. The number of carbonyl (C=O) groups is 1. The van der Waals surface area contributed by atoms with E-state index in [1.54, 1.807) is 30.3 Å². The van der Waals surface area contributed by atoms with Crippen LogP contribution in [-0.2, 0) is 4.79 Å². The van der Waals surface area contributed by atoms with Crippen molar-refractivity contribution >= 4 is 35.2 Å². The summed E-state index contributed by atoms with van der Waals surface area (Å²) in [6.07, 6.45) is 0.178. The van der Waals surface area contributed by atoms with Gasteiger partial charge >= 0.3 is 5.97 Å². The average molecular weight is 399 g/mol. The maximum Gasteiger partial charge on any atom is 0.305 e. The summed E-state index contributed by atoms with van der Waals surface area (Å²) in [4.78, 5) is 10.6. The number of aliphatic hydroxyl groups is 2. The van der Waals surface area contributed by atoms with Crippen LogP contribution >= 0.6 is 23.2 Å². The molecule has 2 aromatic carbocycles. The summed E-state index contributed by atoms with van der Waals surface area (Å²) in [5, 5.41) is 28.9. The number of carboxylic acid groups (broad SMARTS) is 1. The van der Waals surface area contributed by atoms with Gasteiger partial charge in [-0.05, 0) is 35.4 Å². The van der Waals surface area contributed by atoms with Gasteiger partial charge in [-0.15, -0.1) is 0 Å². The number of benzene rings is 2. The maximum atomic E-state index is 13.2. The number of aliphatic carboxylic acids is 1. The molecule has 0 unspecified atom stereocenters. The lowest BCUT2D eigenvalue weighted by atomic mass is 9.98. The SMILES string of the molecule is O=C(O)C[C@H](O)C[C@H](O)C=Cc1c(Cl)cc(Cl)cc1-c1ccc(F)cc1. The summed E-state index contributed by atoms with van der Waals surface area (Å²) in [7, 11) is 0. The summed E-state index contributed by atoms with van der Waals surface area (Å²) in [5.41, 5.74) is 1.90. The summed E-state index contributed by atoms with van der Waals surface area (Å²) in [6.45, 7) is 0. The van der Waals surface area contributed by atoms with E-state index in [1.165, 1.54) is 18.2 Å². The number of aliphatic hydroxyl groups excluding tert-OH is 2. The van der Waals surface area contributed by atoms with E-state index in [9.17, 15) is 19.4 Å². The topological polar surface area (TPSA) is 77.8 Å². The van der Waals surface area contributed by atoms with Gasteiger partial charge in [-0.1, -0.05) is 47.5 Å². The average Bonchev–Trinajstić information content (AvgIpc) is 2.53. The Labute approximate surface area is 160 Å². The predicted molar refractivity (Wildman–Crippen MR) is 99.8 cm³/mol. The van der Waals surface area contributed by atoms with Crippen LogP contribution in [0, 0.1) is 5.82 Å². The van der Waals surface area contributed by atoms with Crippen molar-refractivity contribution < 1.29 is 24.5 Å². The molecule has 26 heavy (non-hydrogen) atoms. The molecule has 0 saturated carbocycles. The molecule has 2 aromatic rings. The Morgan fingerprint density at radius 3 is 2.42 bits per heavy atom. The Bertz CT molecular complexity index is 806. The molecule has 0 bridgehead atoms. The van der Waals surface area contributed by atoms with E-state index < -0.39 is 24.6 Å². The summed E-state index contributed by atoms with van der Waals surface area (Å²) in [6, 6.07) is 9.01. The fraction of sp³-hybridized carbons (Fsp3) is 0.211. The maximum absolute atomic E-state index is 13.2. The molecule has 2 atom stereocenters. The minimum Gasteiger partial charge on any atom is -0.481 e. The summed E-state index contributed by atoms with van der Waals surface area (Å²) >= 11 is 12.3. The van der Waals surface area contributed by atoms with Crippen molar-refractivity contribution in [1.29, 1.82) is 0 Å². The van der Waals surface area contributed by atoms with Gasteiger partial charge in [0, 0.05) is 22.0 Å². The van der Waals surface area contributed by atoms with Crippen molar-refractivity contribution in [2.24, 2.45) is 0 Å². The molecular formula is C19H17Cl2FO4. The summed E-state index contributed by atoms with van der Waals surface area (Å²) < 4.78 is 13.2. The lowest BCUT2D eigenvalue weighted by molar-refractivity contribution is -0.139. The van der Waals surface area contributed by atoms with Crippen LogP contribution < -0.4 is 0 Å². The third-order valence-electron chi connectivity index (χ3n) is 3.66. The first-order chi connectivity index (χ1) is 12.3. The highest BCUT2D eigenvalue weighted by Crippen LogP contribution is 2.34. The highest BCUT2D eigenvalue weighted by Gasteiger charge is 2.14. The number of carboxylic acids is 1. The van der Waals surface area contributed by atoms with E-state index in [0.717, 1.165) is 0 Å². The van der Waals surface area contributed by atoms with Crippen LogP contribution in [0.4, 0.5) is 4.39 Å². The molecule has 138 valence electrons. The minimum atomic E-state index is -1.16. The monoisotopic (exact) mass is 398 g/mol. The minimum absolute atomic E-state index is 0.125. The molecule has 4 nitrogen and oxygen atoms in total. The Morgan fingerprint density at radius 2 is 1.81 bits per heavy atom. The van der Waals surface area contributed by atoms with Crippen LogP contribution in [0.15, 0.2) is 42.5 Å². The van der Waals surface area contributed by atoms with Crippen molar-refractivity contribution in [2.45, 2.75) is 25.0 Å². The molecule has 0 radical (unpaired) electrons. The van der Waals surface area contributed by atoms with Gasteiger partial charge in [0.05, 0.1) is 18.6 Å². The number of halogens is 3. The molecule has 0 aromatic heterocycles. The Balaban J connectivity index is 2.28. The van der Waals surface area contributed by atoms with Gasteiger partial charge in [0.15, 0.2) is 0 Å². The van der Waals surface area contributed by atoms with Crippen molar-refractivity contribution in [3.8, 4) is 11.1 Å². The van der Waals surface area contributed by atoms with Crippen molar-refractivity contribution in [3.05, 3.63) is 63.9 Å². The quantitative estimate of drug-likeness (QED) is 0.645. The van der Waals surface area contributed by atoms with Crippen molar-refractivity contribution in [3.63, 3.8) is 0 Å². The molecule has 3 N–H and O–H groups in total. The van der Waals surface area contributed by atoms with Gasteiger partial charge in [-0.2, -0.15) is 0 Å². The second-order valence-electron chi connectivity index (χ2n) is 5.77. The molecule has 0 spiro atoms. The number of hydrogen-bond acceptors (Lipinski definition) is 3. The molecule has 2 rings (SSSR count). The van der Waals surface area contributed by atoms with Crippen LogP contribution in [-0.4, -0.2) is 33.5 Å². The molecule has 0 saturated heterocycles. The highest BCUT2D eigenvalue weighted by atomic mass is 35.5. The molecule has 0 heterocycles. The van der Waals surface area contributed by atoms with Gasteiger partial charge in [0.2, 0.25) is 0 Å². The molecule has 0 aliphatic carbocycles. The fourth-order valence-corrected chi connectivity index (χ4v) is 3.03. The zero-order valence-corrected chi connectivity index (χ0v) is 15.1. The second-order valence-corrected chi connectivity index (χ2v) is 6.61. The van der Waals surface area contributed by atoms with Gasteiger partial charge in [0.25, 0.3) is 0 Å². The Morgan fingerprint density at radius 1 is 1.15 bits per heavy atom. The fourth-order valence-electron chi connectivity index (χ4n) is 2.47. The second kappa shape index (κ2) is 9.14. The zero-order chi connectivity index (χ0) is 19.3. The van der Waals surface area contributed by atoms with Crippen LogP contribution in [0.25, 0.3) is 17.2 Å². The molecule has 0 aliphatic rings. The Kier molecular flexibility index (Phi) is 7.17. The highest BCUT2D eigenvalue weighted by molar-refractivity contribution is 6.36. The van der Waals surface area contributed by atoms with Gasteiger partial charge < -0.3 is 15.3 Å². The van der Waals surface area contributed by atoms with E-state index in [4.69, 9.17) is 28.3 Å². The van der Waals surface area contributed by atoms with Crippen molar-refractivity contribution in [2.75, 3.05) is 0 Å². The Hall–Kier alpha value is -1.92. The molecule has 0 amide bonds. The first-order valence-electron chi connectivity index (χ1n) is 7.77. The number of rotatable bonds is 7. The van der Waals surface area contributed by atoms with Crippen LogP contribution in [0.5, 0.6) is 0 Å². The van der Waals surface area contributed by atoms with E-state index in [-0.39, 0.29) is 12.2 Å². The standard InChI is InChI=1S/C19H17Cl2FO4/c20-12-7-17(11-1-3-13(22)4-2-11)16(18(21)8-12)6-5-14(23)9-15(24)10-19(25)26/h1-8,14-15,23-24H,9-10H2,(H,25,26)/t14-,15-/m1/s1.